The average Bonchev–Trinajstić information content (AvgIpc) is 3.17. The van der Waals surface area contributed by atoms with Crippen LogP contribution in [0, 0.1) is 11.3 Å². The molecule has 0 aliphatic heterocycles. The summed E-state index contributed by atoms with van der Waals surface area (Å²) < 4.78 is 0. The van der Waals surface area contributed by atoms with E-state index in [-0.39, 0.29) is 0 Å². The quantitative estimate of drug-likeness (QED) is 0.895. The van der Waals surface area contributed by atoms with E-state index in [2.05, 4.69) is 34.1 Å². The van der Waals surface area contributed by atoms with E-state index < -0.39 is 0 Å². The molecule has 0 amide bonds. The first kappa shape index (κ1) is 11.4. The molecule has 0 atom stereocenters. The summed E-state index contributed by atoms with van der Waals surface area (Å²) >= 11 is 0. The van der Waals surface area contributed by atoms with Crippen molar-refractivity contribution in [3.05, 3.63) is 24.5 Å². The van der Waals surface area contributed by atoms with Crippen molar-refractivity contribution >= 4 is 17.0 Å². The summed E-state index contributed by atoms with van der Waals surface area (Å²) in [7, 11) is 0. The van der Waals surface area contributed by atoms with E-state index in [9.17, 15) is 0 Å². The second-order valence-corrected chi connectivity index (χ2v) is 5.47. The Bertz CT molecular complexity index is 560. The summed E-state index contributed by atoms with van der Waals surface area (Å²) in [5.74, 6) is 1.63. The van der Waals surface area contributed by atoms with Crippen LogP contribution in [-0.4, -0.2) is 21.5 Å². The molecule has 0 unspecified atom stereocenters. The van der Waals surface area contributed by atoms with Crippen LogP contribution in [0.5, 0.6) is 0 Å². The Hall–Kier alpha value is -1.71. The van der Waals surface area contributed by atoms with Gasteiger partial charge in [-0.15, -0.1) is 0 Å². The van der Waals surface area contributed by atoms with Crippen LogP contribution in [-0.2, 0) is 0 Å². The van der Waals surface area contributed by atoms with Crippen molar-refractivity contribution < 1.29 is 0 Å². The van der Waals surface area contributed by atoms with Crippen molar-refractivity contribution in [1.82, 2.24) is 15.0 Å². The molecule has 1 aliphatic carbocycles. The van der Waals surface area contributed by atoms with E-state index in [4.69, 9.17) is 0 Å². The molecule has 2 aromatic heterocycles. The van der Waals surface area contributed by atoms with Gasteiger partial charge in [0.1, 0.15) is 11.3 Å². The Morgan fingerprint density at radius 3 is 2.72 bits per heavy atom. The van der Waals surface area contributed by atoms with Crippen molar-refractivity contribution in [2.75, 3.05) is 11.9 Å². The number of hydrogen-bond acceptors (Lipinski definition) is 4. The minimum absolute atomic E-state index is 0.485. The van der Waals surface area contributed by atoms with Crippen molar-refractivity contribution in [2.24, 2.45) is 11.3 Å². The summed E-state index contributed by atoms with van der Waals surface area (Å²) in [6, 6.07) is 3.94. The lowest BCUT2D eigenvalue weighted by Gasteiger charge is -2.20. The summed E-state index contributed by atoms with van der Waals surface area (Å²) in [6.45, 7) is 5.60. The first-order valence-corrected chi connectivity index (χ1v) is 6.51. The number of aromatic nitrogens is 3. The zero-order chi connectivity index (χ0) is 12.6. The predicted octanol–water partition coefficient (Wildman–Crippen LogP) is 2.87. The number of fused-ring (bicyclic) bond motifs is 1. The lowest BCUT2D eigenvalue weighted by Crippen LogP contribution is -2.21. The Kier molecular flexibility index (Phi) is 2.65. The molecule has 3 rings (SSSR count). The van der Waals surface area contributed by atoms with E-state index >= 15 is 0 Å². The van der Waals surface area contributed by atoms with Gasteiger partial charge in [0.15, 0.2) is 5.65 Å². The highest BCUT2D eigenvalue weighted by atomic mass is 15.0. The van der Waals surface area contributed by atoms with Gasteiger partial charge in [-0.25, -0.2) is 9.97 Å². The van der Waals surface area contributed by atoms with Gasteiger partial charge >= 0.3 is 0 Å². The Morgan fingerprint density at radius 1 is 1.22 bits per heavy atom. The minimum atomic E-state index is 0.485. The second kappa shape index (κ2) is 4.19. The van der Waals surface area contributed by atoms with Crippen molar-refractivity contribution in [2.45, 2.75) is 26.7 Å². The Morgan fingerprint density at radius 2 is 2.00 bits per heavy atom. The molecule has 0 saturated heterocycles. The highest BCUT2D eigenvalue weighted by Gasteiger charge is 2.44. The predicted molar refractivity (Wildman–Crippen MR) is 72.3 cm³/mol. The van der Waals surface area contributed by atoms with E-state index in [0.717, 1.165) is 23.8 Å². The number of anilines is 1. The SMILES string of the molecule is CC(C)C1(CNc2ccc3nccnc3n2)CC1. The molecule has 1 N–H and O–H groups in total. The second-order valence-electron chi connectivity index (χ2n) is 5.47. The Labute approximate surface area is 107 Å². The molecule has 0 spiro atoms. The highest BCUT2D eigenvalue weighted by Crippen LogP contribution is 2.51. The number of nitrogens with one attached hydrogen (secondary N) is 1. The van der Waals surface area contributed by atoms with Gasteiger partial charge < -0.3 is 5.32 Å². The van der Waals surface area contributed by atoms with Gasteiger partial charge in [0.05, 0.1) is 0 Å². The normalized spacial score (nSPS) is 17.1. The van der Waals surface area contributed by atoms with Gasteiger partial charge in [-0.2, -0.15) is 0 Å². The third kappa shape index (κ3) is 2.03. The molecule has 2 aromatic rings. The molecular weight excluding hydrogens is 224 g/mol. The molecule has 0 bridgehead atoms. The van der Waals surface area contributed by atoms with Gasteiger partial charge in [0.2, 0.25) is 0 Å². The van der Waals surface area contributed by atoms with Crippen LogP contribution in [0.2, 0.25) is 0 Å². The van der Waals surface area contributed by atoms with Crippen LogP contribution in [0.25, 0.3) is 11.2 Å². The van der Waals surface area contributed by atoms with Crippen LogP contribution >= 0.6 is 0 Å². The monoisotopic (exact) mass is 242 g/mol. The molecule has 94 valence electrons. The molecule has 1 saturated carbocycles. The smallest absolute Gasteiger partial charge is 0.180 e. The Balaban J connectivity index is 1.75. The lowest BCUT2D eigenvalue weighted by atomic mass is 9.92. The fraction of sp³-hybridized carbons (Fsp3) is 0.500. The molecule has 1 aliphatic rings. The maximum atomic E-state index is 4.48. The van der Waals surface area contributed by atoms with Crippen LogP contribution in [0.1, 0.15) is 26.7 Å². The van der Waals surface area contributed by atoms with E-state index in [1.54, 1.807) is 12.4 Å². The van der Waals surface area contributed by atoms with Gasteiger partial charge in [-0.05, 0) is 36.3 Å². The number of pyridine rings is 1. The van der Waals surface area contributed by atoms with Crippen LogP contribution < -0.4 is 5.32 Å². The van der Waals surface area contributed by atoms with Crippen LogP contribution in [0.15, 0.2) is 24.5 Å². The van der Waals surface area contributed by atoms with Gasteiger partial charge in [-0.1, -0.05) is 13.8 Å². The first-order chi connectivity index (χ1) is 8.70. The molecule has 2 heterocycles. The largest absolute Gasteiger partial charge is 0.369 e. The summed E-state index contributed by atoms with van der Waals surface area (Å²) in [5, 5.41) is 3.44. The van der Waals surface area contributed by atoms with E-state index in [0.29, 0.717) is 11.1 Å². The van der Waals surface area contributed by atoms with Crippen molar-refractivity contribution in [1.29, 1.82) is 0 Å². The minimum Gasteiger partial charge on any atom is -0.369 e. The standard InChI is InChI=1S/C14H18N4/c1-10(2)14(5-6-14)9-17-12-4-3-11-13(18-12)16-8-7-15-11/h3-4,7-8,10H,5-6,9H2,1-2H3,(H,16,17,18). The molecule has 18 heavy (non-hydrogen) atoms. The maximum absolute atomic E-state index is 4.48. The van der Waals surface area contributed by atoms with Crippen LogP contribution in [0.4, 0.5) is 5.82 Å². The van der Waals surface area contributed by atoms with Gasteiger partial charge in [0, 0.05) is 18.9 Å². The number of hydrogen-bond donors (Lipinski definition) is 1. The van der Waals surface area contributed by atoms with Gasteiger partial charge in [-0.3, -0.25) is 4.98 Å². The first-order valence-electron chi connectivity index (χ1n) is 6.51. The fourth-order valence-corrected chi connectivity index (χ4v) is 2.34. The molecule has 4 nitrogen and oxygen atoms in total. The van der Waals surface area contributed by atoms with E-state index in [1.807, 2.05) is 12.1 Å². The molecule has 4 heteroatoms. The topological polar surface area (TPSA) is 50.7 Å². The van der Waals surface area contributed by atoms with Crippen molar-refractivity contribution in [3.63, 3.8) is 0 Å². The third-order valence-corrected chi connectivity index (χ3v) is 4.07. The highest BCUT2D eigenvalue weighted by molar-refractivity contribution is 5.71. The van der Waals surface area contributed by atoms with Gasteiger partial charge in [0.25, 0.3) is 0 Å². The average molecular weight is 242 g/mol. The summed E-state index contributed by atoms with van der Waals surface area (Å²) in [5.41, 5.74) is 2.03. The molecule has 1 fully saturated rings. The zero-order valence-electron chi connectivity index (χ0n) is 10.8. The lowest BCUT2D eigenvalue weighted by molar-refractivity contribution is 0.380. The molecule has 0 aromatic carbocycles. The fourth-order valence-electron chi connectivity index (χ4n) is 2.34. The molecular formula is C14H18N4. The number of rotatable bonds is 4. The van der Waals surface area contributed by atoms with Crippen LogP contribution in [0.3, 0.4) is 0 Å². The number of nitrogens with zero attached hydrogens (tertiary/aromatic N) is 3. The zero-order valence-corrected chi connectivity index (χ0v) is 10.8. The molecule has 0 radical (unpaired) electrons. The van der Waals surface area contributed by atoms with E-state index in [1.165, 1.54) is 12.8 Å². The maximum Gasteiger partial charge on any atom is 0.180 e. The van der Waals surface area contributed by atoms with Crippen molar-refractivity contribution in [3.8, 4) is 0 Å². The summed E-state index contributed by atoms with van der Waals surface area (Å²) in [6.07, 6.45) is 6.01. The summed E-state index contributed by atoms with van der Waals surface area (Å²) in [4.78, 5) is 12.9. The third-order valence-electron chi connectivity index (χ3n) is 4.07.